The van der Waals surface area contributed by atoms with Gasteiger partial charge in [-0.2, -0.15) is 0 Å². The third-order valence-corrected chi connectivity index (χ3v) is 4.85. The highest BCUT2D eigenvalue weighted by molar-refractivity contribution is 6.13. The predicted molar refractivity (Wildman–Crippen MR) is 125 cm³/mol. The van der Waals surface area contributed by atoms with Gasteiger partial charge in [-0.3, -0.25) is 9.79 Å². The minimum absolute atomic E-state index is 0.0595. The summed E-state index contributed by atoms with van der Waals surface area (Å²) in [5.74, 6) is -0.307. The lowest BCUT2D eigenvalue weighted by atomic mass is 10.0. The summed E-state index contributed by atoms with van der Waals surface area (Å²) in [5.41, 5.74) is 5.81. The molecule has 0 unspecified atom stereocenters. The van der Waals surface area contributed by atoms with Crippen LogP contribution in [-0.2, 0) is 4.79 Å². The molecule has 0 aliphatic rings. The van der Waals surface area contributed by atoms with Gasteiger partial charge in [-0.25, -0.2) is 9.97 Å². The van der Waals surface area contributed by atoms with Crippen molar-refractivity contribution in [2.75, 3.05) is 0 Å². The molecule has 0 fully saturated rings. The predicted octanol–water partition coefficient (Wildman–Crippen LogP) is 6.09. The van der Waals surface area contributed by atoms with E-state index in [9.17, 15) is 9.90 Å². The summed E-state index contributed by atoms with van der Waals surface area (Å²) in [4.78, 5) is 25.8. The van der Waals surface area contributed by atoms with Crippen LogP contribution in [0.1, 0.15) is 13.8 Å². The maximum absolute atomic E-state index is 11.7. The maximum Gasteiger partial charge on any atom is 0.164 e. The zero-order chi connectivity index (χ0) is 21.8. The van der Waals surface area contributed by atoms with Crippen LogP contribution in [0.25, 0.3) is 33.5 Å². The smallest absolute Gasteiger partial charge is 0.164 e. The fourth-order valence-corrected chi connectivity index (χ4v) is 3.30. The molecule has 1 heterocycles. The Kier molecular flexibility index (Phi) is 5.67. The third-order valence-electron chi connectivity index (χ3n) is 4.85. The molecule has 0 aliphatic carbocycles. The molecule has 4 rings (SSSR count). The summed E-state index contributed by atoms with van der Waals surface area (Å²) in [6.07, 6.45) is 1.38. The summed E-state index contributed by atoms with van der Waals surface area (Å²) in [6.45, 7) is 2.86. The number of rotatable bonds is 5. The van der Waals surface area contributed by atoms with Crippen molar-refractivity contribution in [1.82, 2.24) is 9.97 Å². The number of aliphatic imine (C=N–C) groups is 1. The molecule has 0 atom stereocenters. The van der Waals surface area contributed by atoms with E-state index in [0.717, 1.165) is 28.0 Å². The minimum atomic E-state index is -0.247. The van der Waals surface area contributed by atoms with Crippen LogP contribution < -0.4 is 0 Å². The number of aliphatic hydroxyl groups excluding tert-OH is 1. The minimum Gasteiger partial charge on any atom is -0.512 e. The number of hydrogen-bond acceptors (Lipinski definition) is 5. The normalized spacial score (nSPS) is 12.2. The van der Waals surface area contributed by atoms with E-state index in [0.29, 0.717) is 11.2 Å². The highest BCUT2D eigenvalue weighted by Gasteiger charge is 2.13. The fraction of sp³-hybridized carbons (Fsp3) is 0.0769. The second-order valence-corrected chi connectivity index (χ2v) is 7.14. The number of aromatic nitrogens is 2. The van der Waals surface area contributed by atoms with E-state index in [1.54, 1.807) is 0 Å². The zero-order valence-electron chi connectivity index (χ0n) is 17.3. The van der Waals surface area contributed by atoms with Crippen LogP contribution in [0.3, 0.4) is 0 Å². The van der Waals surface area contributed by atoms with E-state index in [-0.39, 0.29) is 17.1 Å². The number of carbonyl (C=O) groups excluding carboxylic acids is 1. The Morgan fingerprint density at radius 3 is 1.87 bits per heavy atom. The van der Waals surface area contributed by atoms with Crippen molar-refractivity contribution in [1.29, 1.82) is 0 Å². The van der Waals surface area contributed by atoms with Gasteiger partial charge < -0.3 is 5.11 Å². The number of hydrogen-bond donors (Lipinski definition) is 1. The molecule has 1 aromatic heterocycles. The van der Waals surface area contributed by atoms with Crippen LogP contribution in [0.5, 0.6) is 0 Å². The van der Waals surface area contributed by atoms with Crippen LogP contribution in [-0.4, -0.2) is 27.1 Å². The first kappa shape index (κ1) is 20.2. The van der Waals surface area contributed by atoms with Crippen molar-refractivity contribution in [3.8, 4) is 22.5 Å². The second-order valence-electron chi connectivity index (χ2n) is 7.14. The highest BCUT2D eigenvalue weighted by atomic mass is 16.3. The van der Waals surface area contributed by atoms with E-state index < -0.39 is 0 Å². The third kappa shape index (κ3) is 4.41. The van der Waals surface area contributed by atoms with Crippen molar-refractivity contribution in [3.05, 3.63) is 90.2 Å². The molecule has 152 valence electrons. The van der Waals surface area contributed by atoms with Gasteiger partial charge in [-0.05, 0) is 32.0 Å². The Labute approximate surface area is 180 Å². The number of allylic oxidation sites excluding steroid dienone is 2. The summed E-state index contributed by atoms with van der Waals surface area (Å²) in [6, 6.07) is 25.4. The van der Waals surface area contributed by atoms with Crippen molar-refractivity contribution >= 4 is 28.7 Å². The molecule has 5 nitrogen and oxygen atoms in total. The second kappa shape index (κ2) is 8.71. The Balaban J connectivity index is 1.86. The molecule has 0 saturated heterocycles. The number of carbonyl (C=O) groups is 1. The average Bonchev–Trinajstić information content (AvgIpc) is 2.79. The molecule has 0 aliphatic heterocycles. The number of fused-ring (bicyclic) bond motifs is 1. The van der Waals surface area contributed by atoms with Crippen LogP contribution in [0.4, 0.5) is 5.69 Å². The largest absolute Gasteiger partial charge is 0.512 e. The molecule has 0 spiro atoms. The molecule has 1 N–H and O–H groups in total. The van der Waals surface area contributed by atoms with E-state index in [1.165, 1.54) is 20.1 Å². The Morgan fingerprint density at radius 1 is 0.806 bits per heavy atom. The van der Waals surface area contributed by atoms with E-state index in [1.807, 2.05) is 78.9 Å². The van der Waals surface area contributed by atoms with Crippen molar-refractivity contribution in [2.45, 2.75) is 13.8 Å². The molecule has 4 aromatic rings. The number of nitrogens with zero attached hydrogens (tertiary/aromatic N) is 3. The van der Waals surface area contributed by atoms with Crippen LogP contribution in [0.2, 0.25) is 0 Å². The maximum atomic E-state index is 11.7. The molecule has 0 bridgehead atoms. The summed E-state index contributed by atoms with van der Waals surface area (Å²) in [5, 5.41) is 9.68. The lowest BCUT2D eigenvalue weighted by molar-refractivity contribution is -0.113. The number of aliphatic hydroxyl groups is 1. The van der Waals surface area contributed by atoms with Crippen molar-refractivity contribution in [2.24, 2.45) is 4.99 Å². The Bertz CT molecular complexity index is 1310. The van der Waals surface area contributed by atoms with E-state index >= 15 is 0 Å². The molecule has 31 heavy (non-hydrogen) atoms. The van der Waals surface area contributed by atoms with Crippen molar-refractivity contribution < 1.29 is 9.90 Å². The number of benzene rings is 3. The van der Waals surface area contributed by atoms with Gasteiger partial charge in [0.2, 0.25) is 0 Å². The number of ketones is 1. The van der Waals surface area contributed by atoms with Gasteiger partial charge in [0.1, 0.15) is 5.76 Å². The molecule has 3 aromatic carbocycles. The topological polar surface area (TPSA) is 75.4 Å². The molecule has 0 radical (unpaired) electrons. The van der Waals surface area contributed by atoms with Gasteiger partial charge >= 0.3 is 0 Å². The highest BCUT2D eigenvalue weighted by Crippen LogP contribution is 2.31. The van der Waals surface area contributed by atoms with Crippen LogP contribution in [0, 0.1) is 0 Å². The fourth-order valence-electron chi connectivity index (χ4n) is 3.30. The van der Waals surface area contributed by atoms with Crippen molar-refractivity contribution in [3.63, 3.8) is 0 Å². The Hall–Kier alpha value is -4.12. The molecule has 0 amide bonds. The first-order chi connectivity index (χ1) is 15.0. The monoisotopic (exact) mass is 407 g/mol. The summed E-state index contributed by atoms with van der Waals surface area (Å²) < 4.78 is 0. The molecular formula is C26H21N3O2. The number of Topliss-reactive ketones (excluding diaryl/α,β-unsaturated/α-hetero) is 1. The van der Waals surface area contributed by atoms with E-state index in [2.05, 4.69) is 4.99 Å². The van der Waals surface area contributed by atoms with Gasteiger partial charge in [-0.1, -0.05) is 60.7 Å². The molecule has 5 heteroatoms. The van der Waals surface area contributed by atoms with Crippen LogP contribution >= 0.6 is 0 Å². The van der Waals surface area contributed by atoms with Gasteiger partial charge in [0.05, 0.1) is 33.7 Å². The zero-order valence-corrected chi connectivity index (χ0v) is 17.3. The average molecular weight is 407 g/mol. The van der Waals surface area contributed by atoms with Gasteiger partial charge in [0, 0.05) is 17.3 Å². The lowest BCUT2D eigenvalue weighted by Gasteiger charge is -2.11. The first-order valence-corrected chi connectivity index (χ1v) is 9.90. The quantitative estimate of drug-likeness (QED) is 0.247. The van der Waals surface area contributed by atoms with Crippen LogP contribution in [0.15, 0.2) is 95.2 Å². The van der Waals surface area contributed by atoms with E-state index in [4.69, 9.17) is 9.97 Å². The Morgan fingerprint density at radius 2 is 1.35 bits per heavy atom. The first-order valence-electron chi connectivity index (χ1n) is 9.90. The van der Waals surface area contributed by atoms with Gasteiger partial charge in [0.15, 0.2) is 5.78 Å². The van der Waals surface area contributed by atoms with Gasteiger partial charge in [0.25, 0.3) is 0 Å². The molecule has 0 saturated carbocycles. The molecular weight excluding hydrogens is 386 g/mol. The SMILES string of the molecule is CC(=O)/C(C=Nc1ccc2nc(-c3ccccc3)c(-c3ccccc3)nc2c1)=C(\C)O. The van der Waals surface area contributed by atoms with Gasteiger partial charge in [-0.15, -0.1) is 0 Å². The lowest BCUT2D eigenvalue weighted by Crippen LogP contribution is -2.01. The summed E-state index contributed by atoms with van der Waals surface area (Å²) >= 11 is 0. The standard InChI is InChI=1S/C26H21N3O2/c1-17(30)22(18(2)31)16-27-21-13-14-23-24(15-21)29-26(20-11-7-4-8-12-20)25(28-23)19-9-5-3-6-10-19/h3-16,30H,1-2H3/b22-17+,27-16?. The summed E-state index contributed by atoms with van der Waals surface area (Å²) in [7, 11) is 0.